The molecular formula is C20H33FN4OSi. The minimum absolute atomic E-state index is 0.193. The van der Waals surface area contributed by atoms with E-state index in [4.69, 9.17) is 4.43 Å². The van der Waals surface area contributed by atoms with E-state index in [9.17, 15) is 4.39 Å². The molecule has 1 fully saturated rings. The summed E-state index contributed by atoms with van der Waals surface area (Å²) in [6.07, 6.45) is 3.78. The number of aromatic nitrogens is 3. The van der Waals surface area contributed by atoms with Crippen molar-refractivity contribution < 1.29 is 8.82 Å². The van der Waals surface area contributed by atoms with Gasteiger partial charge in [0.2, 0.25) is 14.3 Å². The Balaban J connectivity index is 1.84. The molecule has 0 radical (unpaired) electrons. The standard InChI is InChI=1S/C20H33FN4OSi/c1-14(2)27(15(3)4,16(5)6)26-18-8-7-11-24(13-18)20-23-22-19-10-9-17(21)12-25(19)20/h9-10,12,14-16,18H,7-8,11,13H2,1-6H3. The van der Waals surface area contributed by atoms with Gasteiger partial charge in [-0.3, -0.25) is 4.40 Å². The Labute approximate surface area is 163 Å². The van der Waals surface area contributed by atoms with Crippen LogP contribution in [0.15, 0.2) is 18.3 Å². The largest absolute Gasteiger partial charge is 0.411 e. The van der Waals surface area contributed by atoms with Crippen LogP contribution in [0.2, 0.25) is 16.6 Å². The Bertz CT molecular complexity index is 755. The second-order valence-electron chi connectivity index (χ2n) is 8.72. The average molecular weight is 393 g/mol. The molecule has 0 saturated carbocycles. The lowest BCUT2D eigenvalue weighted by Gasteiger charge is -2.46. The molecule has 5 nitrogen and oxygen atoms in total. The molecule has 3 heterocycles. The van der Waals surface area contributed by atoms with Crippen molar-refractivity contribution in [2.24, 2.45) is 0 Å². The summed E-state index contributed by atoms with van der Waals surface area (Å²) in [6, 6.07) is 3.09. The van der Waals surface area contributed by atoms with E-state index in [2.05, 4.69) is 56.6 Å². The highest BCUT2D eigenvalue weighted by molar-refractivity contribution is 6.77. The average Bonchev–Trinajstić information content (AvgIpc) is 3.02. The van der Waals surface area contributed by atoms with Crippen molar-refractivity contribution in [2.75, 3.05) is 18.0 Å². The van der Waals surface area contributed by atoms with E-state index >= 15 is 0 Å². The van der Waals surface area contributed by atoms with Gasteiger partial charge >= 0.3 is 0 Å². The molecule has 0 bridgehead atoms. The van der Waals surface area contributed by atoms with E-state index in [1.54, 1.807) is 10.5 Å². The summed E-state index contributed by atoms with van der Waals surface area (Å²) < 4.78 is 22.5. The minimum atomic E-state index is -1.92. The van der Waals surface area contributed by atoms with Crippen LogP contribution in [0.25, 0.3) is 5.65 Å². The number of anilines is 1. The van der Waals surface area contributed by atoms with Crippen molar-refractivity contribution >= 4 is 19.9 Å². The van der Waals surface area contributed by atoms with Crippen LogP contribution in [0.3, 0.4) is 0 Å². The molecule has 0 aliphatic carbocycles. The van der Waals surface area contributed by atoms with E-state index in [1.165, 1.54) is 12.3 Å². The molecule has 2 aromatic heterocycles. The van der Waals surface area contributed by atoms with Crippen LogP contribution < -0.4 is 4.90 Å². The molecule has 1 unspecified atom stereocenters. The molecule has 0 spiro atoms. The Morgan fingerprint density at radius 3 is 2.37 bits per heavy atom. The minimum Gasteiger partial charge on any atom is -0.411 e. The molecule has 3 rings (SSSR count). The monoisotopic (exact) mass is 392 g/mol. The maximum atomic E-state index is 13.7. The fraction of sp³-hybridized carbons (Fsp3) is 0.700. The van der Waals surface area contributed by atoms with Gasteiger partial charge in [0, 0.05) is 19.3 Å². The summed E-state index contributed by atoms with van der Waals surface area (Å²) in [6.45, 7) is 15.6. The van der Waals surface area contributed by atoms with E-state index in [-0.39, 0.29) is 11.9 Å². The Hall–Kier alpha value is -1.47. The van der Waals surface area contributed by atoms with Crippen LogP contribution in [0, 0.1) is 5.82 Å². The van der Waals surface area contributed by atoms with Crippen molar-refractivity contribution in [3.8, 4) is 0 Å². The Morgan fingerprint density at radius 2 is 1.74 bits per heavy atom. The molecule has 0 aromatic carbocycles. The fourth-order valence-electron chi connectivity index (χ4n) is 4.98. The number of halogens is 1. The molecule has 1 atom stereocenters. The number of hydrogen-bond acceptors (Lipinski definition) is 4. The summed E-state index contributed by atoms with van der Waals surface area (Å²) in [5.41, 5.74) is 2.37. The van der Waals surface area contributed by atoms with Crippen molar-refractivity contribution in [3.05, 3.63) is 24.1 Å². The van der Waals surface area contributed by atoms with Crippen molar-refractivity contribution in [1.29, 1.82) is 0 Å². The maximum absolute atomic E-state index is 13.7. The van der Waals surface area contributed by atoms with Gasteiger partial charge in [0.05, 0.1) is 6.10 Å². The molecular weight excluding hydrogens is 359 g/mol. The zero-order valence-electron chi connectivity index (χ0n) is 17.4. The van der Waals surface area contributed by atoms with E-state index in [0.717, 1.165) is 25.9 Å². The third-order valence-electron chi connectivity index (χ3n) is 6.09. The van der Waals surface area contributed by atoms with Gasteiger partial charge in [-0.1, -0.05) is 41.5 Å². The van der Waals surface area contributed by atoms with Crippen LogP contribution in [-0.4, -0.2) is 42.1 Å². The van der Waals surface area contributed by atoms with Crippen LogP contribution in [-0.2, 0) is 4.43 Å². The van der Waals surface area contributed by atoms with Gasteiger partial charge in [-0.25, -0.2) is 4.39 Å². The predicted octanol–water partition coefficient (Wildman–Crippen LogP) is 5.03. The molecule has 1 saturated heterocycles. The van der Waals surface area contributed by atoms with E-state index in [1.807, 2.05) is 0 Å². The number of hydrogen-bond donors (Lipinski definition) is 0. The summed E-state index contributed by atoms with van der Waals surface area (Å²) in [5.74, 6) is 0.433. The highest BCUT2D eigenvalue weighted by Crippen LogP contribution is 2.43. The first kappa shape index (κ1) is 20.3. The van der Waals surface area contributed by atoms with Gasteiger partial charge in [-0.15, -0.1) is 10.2 Å². The van der Waals surface area contributed by atoms with Crippen LogP contribution in [0.1, 0.15) is 54.4 Å². The first-order chi connectivity index (χ1) is 12.8. The smallest absolute Gasteiger partial charge is 0.231 e. The van der Waals surface area contributed by atoms with Crippen molar-refractivity contribution in [2.45, 2.75) is 77.1 Å². The third kappa shape index (κ3) is 3.76. The van der Waals surface area contributed by atoms with Crippen LogP contribution >= 0.6 is 0 Å². The molecule has 2 aromatic rings. The Kier molecular flexibility index (Phi) is 5.91. The van der Waals surface area contributed by atoms with Gasteiger partial charge in [0.15, 0.2) is 5.65 Å². The number of pyridine rings is 1. The van der Waals surface area contributed by atoms with E-state index < -0.39 is 8.32 Å². The predicted molar refractivity (Wildman–Crippen MR) is 110 cm³/mol. The van der Waals surface area contributed by atoms with Crippen molar-refractivity contribution in [3.63, 3.8) is 0 Å². The molecule has 27 heavy (non-hydrogen) atoms. The molecule has 1 aliphatic heterocycles. The third-order valence-corrected chi connectivity index (χ3v) is 12.2. The SMILES string of the molecule is CC(C)[Si](OC1CCCN(c2nnc3ccc(F)cn23)C1)(C(C)C)C(C)C. The van der Waals surface area contributed by atoms with Gasteiger partial charge < -0.3 is 9.33 Å². The lowest BCUT2D eigenvalue weighted by Crippen LogP contribution is -2.53. The van der Waals surface area contributed by atoms with Crippen LogP contribution in [0.5, 0.6) is 0 Å². The van der Waals surface area contributed by atoms with E-state index in [0.29, 0.717) is 28.2 Å². The summed E-state index contributed by atoms with van der Waals surface area (Å²) in [5, 5.41) is 8.52. The lowest BCUT2D eigenvalue weighted by molar-refractivity contribution is 0.153. The molecule has 0 N–H and O–H groups in total. The van der Waals surface area contributed by atoms with Crippen LogP contribution in [0.4, 0.5) is 10.3 Å². The molecule has 150 valence electrons. The molecule has 0 amide bonds. The second kappa shape index (κ2) is 7.87. The van der Waals surface area contributed by atoms with Gasteiger partial charge in [-0.05, 0) is 41.6 Å². The fourth-order valence-corrected chi connectivity index (χ4v) is 10.6. The summed E-state index contributed by atoms with van der Waals surface area (Å²) in [4.78, 5) is 2.20. The number of nitrogens with zero attached hydrogens (tertiary/aromatic N) is 4. The number of piperidine rings is 1. The summed E-state index contributed by atoms with van der Waals surface area (Å²) >= 11 is 0. The first-order valence-electron chi connectivity index (χ1n) is 10.2. The van der Waals surface area contributed by atoms with Gasteiger partial charge in [-0.2, -0.15) is 0 Å². The number of rotatable bonds is 6. The Morgan fingerprint density at radius 1 is 1.07 bits per heavy atom. The van der Waals surface area contributed by atoms with Gasteiger partial charge in [0.25, 0.3) is 0 Å². The zero-order chi connectivity index (χ0) is 19.8. The second-order valence-corrected chi connectivity index (χ2v) is 14.1. The number of fused-ring (bicyclic) bond motifs is 1. The lowest BCUT2D eigenvalue weighted by atomic mass is 10.1. The topological polar surface area (TPSA) is 42.7 Å². The quantitative estimate of drug-likeness (QED) is 0.647. The maximum Gasteiger partial charge on any atom is 0.231 e. The highest BCUT2D eigenvalue weighted by Gasteiger charge is 2.47. The van der Waals surface area contributed by atoms with Crippen molar-refractivity contribution in [1.82, 2.24) is 14.6 Å². The van der Waals surface area contributed by atoms with Gasteiger partial charge in [0.1, 0.15) is 5.82 Å². The normalized spacial score (nSPS) is 19.0. The highest BCUT2D eigenvalue weighted by atomic mass is 28.4. The summed E-state index contributed by atoms with van der Waals surface area (Å²) in [7, 11) is -1.92. The molecule has 1 aliphatic rings. The zero-order valence-corrected chi connectivity index (χ0v) is 18.4. The molecule has 7 heteroatoms. The first-order valence-corrected chi connectivity index (χ1v) is 12.3.